The van der Waals surface area contributed by atoms with Gasteiger partial charge in [-0.25, -0.2) is 0 Å². The smallest absolute Gasteiger partial charge is 0.0726 e. The van der Waals surface area contributed by atoms with Gasteiger partial charge in [0, 0.05) is 56.4 Å². The number of hydrogen-bond acceptors (Lipinski definition) is 3. The third-order valence-corrected chi connectivity index (χ3v) is 24.9. The van der Waals surface area contributed by atoms with Crippen LogP contribution in [0.15, 0.2) is 437 Å². The molecule has 0 saturated carbocycles. The molecule has 0 radical (unpaired) electrons. The summed E-state index contributed by atoms with van der Waals surface area (Å²) in [5, 5.41) is 11.5. The molecule has 24 rings (SSSR count). The van der Waals surface area contributed by atoms with Crippen molar-refractivity contribution in [1.82, 2.24) is 0 Å². The van der Waals surface area contributed by atoms with E-state index in [1.165, 1.54) is 167 Å². The SMILES string of the molecule is c1ccc(-c2ccc(Nc3cccc4c3-c3ccccc3C43c4ccccc4-c4ccccc43)cc2)cc1.c1ccc(-c2cccc(Nc3cccc4c3-c3ccccc3C43c4ccccc4-c4ccccc43)c2)cc1.c1ccc(-c2ccccc2Nc2cccc3c2-c2ccccc2C32c3ccccc3-c3ccccc32)cc1. The van der Waals surface area contributed by atoms with E-state index in [0.29, 0.717) is 0 Å². The van der Waals surface area contributed by atoms with E-state index in [4.69, 9.17) is 0 Å². The molecule has 18 aromatic carbocycles. The van der Waals surface area contributed by atoms with E-state index >= 15 is 0 Å². The predicted molar refractivity (Wildman–Crippen MR) is 474 cm³/mol. The van der Waals surface area contributed by atoms with Crippen LogP contribution in [-0.4, -0.2) is 0 Å². The summed E-state index contributed by atoms with van der Waals surface area (Å²) in [5.74, 6) is 0. The summed E-state index contributed by atoms with van der Waals surface area (Å²) < 4.78 is 0. The van der Waals surface area contributed by atoms with Crippen molar-refractivity contribution in [2.45, 2.75) is 16.2 Å². The van der Waals surface area contributed by atoms with E-state index in [0.717, 1.165) is 34.1 Å². The number of para-hydroxylation sites is 1. The highest BCUT2D eigenvalue weighted by atomic mass is 14.9. The second-order valence-corrected chi connectivity index (χ2v) is 30.5. The zero-order valence-corrected chi connectivity index (χ0v) is 62.6. The lowest BCUT2D eigenvalue weighted by Gasteiger charge is -2.30. The van der Waals surface area contributed by atoms with Crippen LogP contribution in [0.5, 0.6) is 0 Å². The molecular formula is C111H75N3. The van der Waals surface area contributed by atoms with Crippen molar-refractivity contribution in [3.05, 3.63) is 504 Å². The molecule has 6 aliphatic rings. The van der Waals surface area contributed by atoms with E-state index in [9.17, 15) is 0 Å². The van der Waals surface area contributed by atoms with Gasteiger partial charge in [0.2, 0.25) is 0 Å². The van der Waals surface area contributed by atoms with Crippen LogP contribution in [0.2, 0.25) is 0 Å². The zero-order chi connectivity index (χ0) is 75.3. The molecule has 0 fully saturated rings. The first-order chi connectivity index (χ1) is 56.6. The highest BCUT2D eigenvalue weighted by Crippen LogP contribution is 2.68. The average Bonchev–Trinajstić information content (AvgIpc) is 1.52. The third-order valence-electron chi connectivity index (χ3n) is 24.9. The van der Waals surface area contributed by atoms with Gasteiger partial charge in [-0.2, -0.15) is 0 Å². The van der Waals surface area contributed by atoms with Crippen LogP contribution in [-0.2, 0) is 16.2 Å². The fourth-order valence-electron chi connectivity index (χ4n) is 20.4. The molecule has 0 heterocycles. The minimum absolute atomic E-state index is 0.312. The Labute approximate surface area is 665 Å². The first-order valence-corrected chi connectivity index (χ1v) is 39.6. The van der Waals surface area contributed by atoms with Gasteiger partial charge in [-0.1, -0.05) is 388 Å². The molecule has 3 heteroatoms. The molecule has 0 unspecified atom stereocenters. The number of hydrogen-bond donors (Lipinski definition) is 3. The Bertz CT molecular complexity index is 6700. The van der Waals surface area contributed by atoms with Crippen molar-refractivity contribution >= 4 is 34.1 Å². The lowest BCUT2D eigenvalue weighted by molar-refractivity contribution is 0.794. The fraction of sp³-hybridized carbons (Fsp3) is 0.0270. The maximum atomic E-state index is 3.87. The zero-order valence-electron chi connectivity index (χ0n) is 62.6. The van der Waals surface area contributed by atoms with Crippen LogP contribution < -0.4 is 16.0 Å². The quantitative estimate of drug-likeness (QED) is 0.135. The minimum atomic E-state index is -0.324. The largest absolute Gasteiger partial charge is 0.355 e. The van der Waals surface area contributed by atoms with Crippen molar-refractivity contribution in [1.29, 1.82) is 0 Å². The molecule has 6 aliphatic carbocycles. The van der Waals surface area contributed by atoms with Crippen LogP contribution >= 0.6 is 0 Å². The van der Waals surface area contributed by atoms with E-state index in [2.05, 4.69) is 453 Å². The number of rotatable bonds is 9. The van der Waals surface area contributed by atoms with E-state index in [-0.39, 0.29) is 16.2 Å². The Hall–Kier alpha value is -14.6. The van der Waals surface area contributed by atoms with Crippen molar-refractivity contribution < 1.29 is 0 Å². The van der Waals surface area contributed by atoms with Gasteiger partial charge in [0.25, 0.3) is 0 Å². The summed E-state index contributed by atoms with van der Waals surface area (Å²) >= 11 is 0. The van der Waals surface area contributed by atoms with Gasteiger partial charge in [0.1, 0.15) is 0 Å². The summed E-state index contributed by atoms with van der Waals surface area (Å²) in [7, 11) is 0. The summed E-state index contributed by atoms with van der Waals surface area (Å²) in [5.41, 5.74) is 45.2. The minimum Gasteiger partial charge on any atom is -0.355 e. The highest BCUT2D eigenvalue weighted by molar-refractivity contribution is 6.04. The lowest BCUT2D eigenvalue weighted by atomic mass is 9.70. The van der Waals surface area contributed by atoms with Crippen LogP contribution in [0, 0.1) is 0 Å². The number of fused-ring (bicyclic) bond motifs is 30. The topological polar surface area (TPSA) is 36.1 Å². The molecule has 0 atom stereocenters. The second-order valence-electron chi connectivity index (χ2n) is 30.5. The maximum absolute atomic E-state index is 3.87. The summed E-state index contributed by atoms with van der Waals surface area (Å²) in [4.78, 5) is 0. The van der Waals surface area contributed by atoms with Gasteiger partial charge in [-0.3, -0.25) is 0 Å². The lowest BCUT2D eigenvalue weighted by Crippen LogP contribution is -2.25. The van der Waals surface area contributed by atoms with Gasteiger partial charge in [-0.15, -0.1) is 0 Å². The van der Waals surface area contributed by atoms with E-state index in [1.54, 1.807) is 0 Å². The molecule has 3 spiro atoms. The summed E-state index contributed by atoms with van der Waals surface area (Å²) in [6.45, 7) is 0. The Kier molecular flexibility index (Phi) is 15.6. The van der Waals surface area contributed by atoms with Gasteiger partial charge in [-0.05, 0) is 193 Å². The molecule has 0 amide bonds. The number of benzene rings is 18. The monoisotopic (exact) mass is 1450 g/mol. The predicted octanol–water partition coefficient (Wildman–Crippen LogP) is 28.3. The van der Waals surface area contributed by atoms with E-state index in [1.807, 2.05) is 0 Å². The van der Waals surface area contributed by atoms with Gasteiger partial charge in [0.05, 0.1) is 16.2 Å². The number of anilines is 6. The first-order valence-electron chi connectivity index (χ1n) is 39.6. The molecule has 0 aromatic heterocycles. The Morgan fingerprint density at radius 1 is 0.132 bits per heavy atom. The molecule has 0 saturated heterocycles. The summed E-state index contributed by atoms with van der Waals surface area (Å²) in [6.07, 6.45) is 0. The van der Waals surface area contributed by atoms with Crippen LogP contribution in [0.4, 0.5) is 34.1 Å². The maximum Gasteiger partial charge on any atom is 0.0726 e. The van der Waals surface area contributed by atoms with Crippen LogP contribution in [0.25, 0.3) is 100 Å². The normalized spacial score (nSPS) is 13.5. The molecule has 534 valence electrons. The molecule has 0 aliphatic heterocycles. The molecule has 114 heavy (non-hydrogen) atoms. The molecule has 0 bridgehead atoms. The number of nitrogens with one attached hydrogen (secondary N) is 3. The van der Waals surface area contributed by atoms with Gasteiger partial charge in [0.15, 0.2) is 0 Å². The highest BCUT2D eigenvalue weighted by Gasteiger charge is 2.55. The van der Waals surface area contributed by atoms with Gasteiger partial charge < -0.3 is 16.0 Å². The van der Waals surface area contributed by atoms with Crippen molar-refractivity contribution in [2.24, 2.45) is 0 Å². The second kappa shape index (κ2) is 26.8. The standard InChI is InChI=1S/3C37H25N/c1-2-13-25(14-3-1)26-15-7-11-23-34(26)38-35-24-12-22-33-36(35)29-18-6-10-21-32(29)37(33)30-19-8-4-16-27(30)28-17-5-9-20-31(28)37;1-2-12-25(13-3-1)26-14-10-15-27(24-26)38-35-23-11-22-34-36(35)30-18-6-9-21-33(30)37(34)31-19-7-4-16-28(31)29-17-5-8-20-32(29)37;1-2-11-25(12-3-1)26-21-23-27(24-22-26)38-35-20-10-19-34-36(35)30-15-6-9-18-33(30)37(34)31-16-7-4-13-28(31)29-14-5-8-17-32(29)37/h3*1-24,38H. The van der Waals surface area contributed by atoms with Crippen molar-refractivity contribution in [2.75, 3.05) is 16.0 Å². The fourth-order valence-corrected chi connectivity index (χ4v) is 20.4. The molecule has 18 aromatic rings. The Morgan fingerprint density at radius 3 is 0.737 bits per heavy atom. The van der Waals surface area contributed by atoms with Gasteiger partial charge >= 0.3 is 0 Å². The average molecular weight is 1450 g/mol. The van der Waals surface area contributed by atoms with Crippen molar-refractivity contribution in [3.63, 3.8) is 0 Å². The molecule has 3 N–H and O–H groups in total. The van der Waals surface area contributed by atoms with Crippen LogP contribution in [0.3, 0.4) is 0 Å². The molecular weight excluding hydrogens is 1380 g/mol. The first kappa shape index (κ1) is 66.4. The Balaban J connectivity index is 0.000000104. The van der Waals surface area contributed by atoms with Crippen molar-refractivity contribution in [3.8, 4) is 100 Å². The summed E-state index contributed by atoms with van der Waals surface area (Å²) in [6, 6.07) is 159. The molecule has 3 nitrogen and oxygen atoms in total. The van der Waals surface area contributed by atoms with E-state index < -0.39 is 0 Å². The Morgan fingerprint density at radius 2 is 0.368 bits per heavy atom. The third kappa shape index (κ3) is 9.95. The van der Waals surface area contributed by atoms with Crippen LogP contribution in [0.1, 0.15) is 66.8 Å².